The van der Waals surface area contributed by atoms with Crippen LogP contribution in [0.25, 0.3) is 0 Å². The molecule has 1 aromatic carbocycles. The zero-order valence-corrected chi connectivity index (χ0v) is 10.7. The number of likely N-dealkylation sites (N-methyl/N-ethyl adjacent to an activating group) is 1. The molecular formula is C14H19FN2. The topological polar surface area (TPSA) is 27.0 Å². The van der Waals surface area contributed by atoms with Gasteiger partial charge in [0, 0.05) is 6.42 Å². The number of hydrogen-bond donors (Lipinski definition) is 0. The summed E-state index contributed by atoms with van der Waals surface area (Å²) in [6, 6.07) is 8.74. The van der Waals surface area contributed by atoms with E-state index in [4.69, 9.17) is 0 Å². The number of benzene rings is 1. The number of hydrogen-bond acceptors (Lipinski definition) is 2. The lowest BCUT2D eigenvalue weighted by Gasteiger charge is -2.34. The van der Waals surface area contributed by atoms with Gasteiger partial charge in [-0.3, -0.25) is 4.90 Å². The zero-order valence-electron chi connectivity index (χ0n) is 10.7. The van der Waals surface area contributed by atoms with Crippen LogP contribution in [0.15, 0.2) is 24.3 Å². The molecule has 0 aliphatic heterocycles. The van der Waals surface area contributed by atoms with Crippen molar-refractivity contribution >= 4 is 0 Å². The second-order valence-corrected chi connectivity index (χ2v) is 4.36. The second-order valence-electron chi connectivity index (χ2n) is 4.36. The third-order valence-electron chi connectivity index (χ3n) is 3.16. The molecule has 0 aliphatic rings. The van der Waals surface area contributed by atoms with Crippen LogP contribution in [-0.4, -0.2) is 23.5 Å². The van der Waals surface area contributed by atoms with Gasteiger partial charge in [0.2, 0.25) is 0 Å². The molecule has 0 heterocycles. The molecule has 0 aromatic heterocycles. The summed E-state index contributed by atoms with van der Waals surface area (Å²) in [5.41, 5.74) is 0.462. The van der Waals surface area contributed by atoms with E-state index in [2.05, 4.69) is 11.0 Å². The highest BCUT2D eigenvalue weighted by Crippen LogP contribution is 2.20. The van der Waals surface area contributed by atoms with Crippen LogP contribution >= 0.6 is 0 Å². The Hall–Kier alpha value is -1.40. The van der Waals surface area contributed by atoms with Crippen molar-refractivity contribution in [1.82, 2.24) is 4.90 Å². The third kappa shape index (κ3) is 3.28. The van der Waals surface area contributed by atoms with E-state index in [1.807, 2.05) is 20.8 Å². The van der Waals surface area contributed by atoms with Crippen molar-refractivity contribution in [1.29, 1.82) is 5.26 Å². The van der Waals surface area contributed by atoms with Gasteiger partial charge in [0.1, 0.15) is 11.4 Å². The van der Waals surface area contributed by atoms with Gasteiger partial charge in [-0.2, -0.15) is 5.26 Å². The maximum Gasteiger partial charge on any atom is 0.123 e. The van der Waals surface area contributed by atoms with Crippen LogP contribution < -0.4 is 0 Å². The van der Waals surface area contributed by atoms with Crippen LogP contribution in [0.4, 0.5) is 4.39 Å². The molecule has 0 fully saturated rings. The van der Waals surface area contributed by atoms with Crippen LogP contribution in [-0.2, 0) is 6.42 Å². The molecule has 2 nitrogen and oxygen atoms in total. The Bertz CT molecular complexity index is 390. The smallest absolute Gasteiger partial charge is 0.123 e. The minimum Gasteiger partial charge on any atom is -0.286 e. The molecule has 3 heteroatoms. The summed E-state index contributed by atoms with van der Waals surface area (Å²) in [5.74, 6) is -0.241. The first-order valence-corrected chi connectivity index (χ1v) is 5.96. The lowest BCUT2D eigenvalue weighted by Crippen LogP contribution is -2.46. The lowest BCUT2D eigenvalue weighted by molar-refractivity contribution is 0.169. The van der Waals surface area contributed by atoms with Crippen molar-refractivity contribution in [2.75, 3.05) is 13.1 Å². The van der Waals surface area contributed by atoms with Crippen molar-refractivity contribution < 1.29 is 4.39 Å². The van der Waals surface area contributed by atoms with Crippen molar-refractivity contribution in [3.8, 4) is 6.07 Å². The van der Waals surface area contributed by atoms with Gasteiger partial charge in [0.05, 0.1) is 6.07 Å². The molecule has 1 rings (SSSR count). The summed E-state index contributed by atoms with van der Waals surface area (Å²) in [5, 5.41) is 9.37. The third-order valence-corrected chi connectivity index (χ3v) is 3.16. The highest BCUT2D eigenvalue weighted by Gasteiger charge is 2.29. The Kier molecular flexibility index (Phi) is 4.65. The highest BCUT2D eigenvalue weighted by atomic mass is 19.1. The first-order chi connectivity index (χ1) is 8.05. The SMILES string of the molecule is CCN(CC)C(C)(C#N)Cc1ccc(F)cc1. The molecule has 1 aromatic rings. The fourth-order valence-electron chi connectivity index (χ4n) is 2.14. The van der Waals surface area contributed by atoms with Crippen LogP contribution in [0.5, 0.6) is 0 Å². The highest BCUT2D eigenvalue weighted by molar-refractivity contribution is 5.22. The number of halogens is 1. The number of nitriles is 1. The van der Waals surface area contributed by atoms with Gasteiger partial charge in [0.15, 0.2) is 0 Å². The summed E-state index contributed by atoms with van der Waals surface area (Å²) in [7, 11) is 0. The molecule has 0 spiro atoms. The zero-order chi connectivity index (χ0) is 12.9. The Labute approximate surface area is 103 Å². The molecule has 0 N–H and O–H groups in total. The minimum absolute atomic E-state index is 0.241. The van der Waals surface area contributed by atoms with Crippen molar-refractivity contribution in [2.45, 2.75) is 32.7 Å². The second kappa shape index (κ2) is 5.79. The van der Waals surface area contributed by atoms with Gasteiger partial charge < -0.3 is 0 Å². The molecule has 92 valence electrons. The van der Waals surface area contributed by atoms with Crippen molar-refractivity contribution in [3.63, 3.8) is 0 Å². The largest absolute Gasteiger partial charge is 0.286 e. The van der Waals surface area contributed by atoms with Gasteiger partial charge in [-0.25, -0.2) is 4.39 Å². The molecule has 0 aliphatic carbocycles. The standard InChI is InChI=1S/C14H19FN2/c1-4-17(5-2)14(3,11-16)10-12-6-8-13(15)9-7-12/h6-9H,4-5,10H2,1-3H3. The minimum atomic E-state index is -0.526. The van der Waals surface area contributed by atoms with E-state index in [1.54, 1.807) is 12.1 Å². The Morgan fingerprint density at radius 1 is 1.24 bits per heavy atom. The van der Waals surface area contributed by atoms with E-state index in [0.717, 1.165) is 18.7 Å². The summed E-state index contributed by atoms with van der Waals surface area (Å²) in [6.07, 6.45) is 0.617. The Morgan fingerprint density at radius 2 is 1.76 bits per heavy atom. The molecule has 1 atom stereocenters. The first kappa shape index (κ1) is 13.7. The molecule has 0 saturated heterocycles. The summed E-state index contributed by atoms with van der Waals surface area (Å²) in [4.78, 5) is 2.12. The maximum absolute atomic E-state index is 12.8. The van der Waals surface area contributed by atoms with Gasteiger partial charge in [0.25, 0.3) is 0 Å². The number of rotatable bonds is 5. The van der Waals surface area contributed by atoms with E-state index in [9.17, 15) is 9.65 Å². The Morgan fingerprint density at radius 3 is 2.18 bits per heavy atom. The molecule has 0 bridgehead atoms. The van der Waals surface area contributed by atoms with Crippen molar-refractivity contribution in [2.24, 2.45) is 0 Å². The van der Waals surface area contributed by atoms with Crippen LogP contribution in [0, 0.1) is 17.1 Å². The van der Waals surface area contributed by atoms with E-state index in [0.29, 0.717) is 6.42 Å². The predicted octanol–water partition coefficient (Wildman–Crippen LogP) is 2.99. The van der Waals surface area contributed by atoms with Crippen LogP contribution in [0.2, 0.25) is 0 Å². The average molecular weight is 234 g/mol. The van der Waals surface area contributed by atoms with Gasteiger partial charge in [-0.1, -0.05) is 26.0 Å². The van der Waals surface area contributed by atoms with E-state index < -0.39 is 5.54 Å². The van der Waals surface area contributed by atoms with Crippen LogP contribution in [0.1, 0.15) is 26.3 Å². The normalized spacial score (nSPS) is 14.4. The van der Waals surface area contributed by atoms with E-state index in [1.165, 1.54) is 12.1 Å². The summed E-state index contributed by atoms with van der Waals surface area (Å²) < 4.78 is 12.8. The van der Waals surface area contributed by atoms with Crippen molar-refractivity contribution in [3.05, 3.63) is 35.6 Å². The predicted molar refractivity (Wildman–Crippen MR) is 67.0 cm³/mol. The van der Waals surface area contributed by atoms with E-state index in [-0.39, 0.29) is 5.82 Å². The first-order valence-electron chi connectivity index (χ1n) is 5.96. The Balaban J connectivity index is 2.89. The molecule has 0 saturated carbocycles. The quantitative estimate of drug-likeness (QED) is 0.783. The summed E-state index contributed by atoms with van der Waals surface area (Å²) >= 11 is 0. The van der Waals surface area contributed by atoms with Crippen LogP contribution in [0.3, 0.4) is 0 Å². The van der Waals surface area contributed by atoms with Gasteiger partial charge in [-0.15, -0.1) is 0 Å². The monoisotopic (exact) mass is 234 g/mol. The fourth-order valence-corrected chi connectivity index (χ4v) is 2.14. The molecule has 0 radical (unpaired) electrons. The molecule has 0 amide bonds. The lowest BCUT2D eigenvalue weighted by atomic mass is 9.92. The average Bonchev–Trinajstić information content (AvgIpc) is 2.33. The number of nitrogens with zero attached hydrogens (tertiary/aromatic N) is 2. The van der Waals surface area contributed by atoms with E-state index >= 15 is 0 Å². The molecular weight excluding hydrogens is 215 g/mol. The van der Waals surface area contributed by atoms with Gasteiger partial charge >= 0.3 is 0 Å². The summed E-state index contributed by atoms with van der Waals surface area (Å²) in [6.45, 7) is 7.69. The van der Waals surface area contributed by atoms with Gasteiger partial charge in [-0.05, 0) is 37.7 Å². The maximum atomic E-state index is 12.8. The molecule has 17 heavy (non-hydrogen) atoms. The fraction of sp³-hybridized carbons (Fsp3) is 0.500. The molecule has 1 unspecified atom stereocenters.